The van der Waals surface area contributed by atoms with E-state index in [1.807, 2.05) is 0 Å². The number of unbranched alkanes of at least 4 members (excludes halogenated alkanes) is 1. The van der Waals surface area contributed by atoms with E-state index in [1.54, 1.807) is 6.92 Å². The SMILES string of the molecule is CCCCc1nnc(NC(=O)C23C[C@@H]4C[C@H](CC(NC(C)=O)(C4)C2)C3)s1. The highest BCUT2D eigenvalue weighted by molar-refractivity contribution is 7.15. The van der Waals surface area contributed by atoms with Gasteiger partial charge in [0.15, 0.2) is 0 Å². The summed E-state index contributed by atoms with van der Waals surface area (Å²) in [6.45, 7) is 3.74. The average molecular weight is 377 g/mol. The molecule has 4 bridgehead atoms. The van der Waals surface area contributed by atoms with Crippen LogP contribution in [0.4, 0.5) is 5.13 Å². The Kier molecular flexibility index (Phi) is 4.53. The highest BCUT2D eigenvalue weighted by atomic mass is 32.1. The number of aryl methyl sites for hydroxylation is 1. The second kappa shape index (κ2) is 6.59. The summed E-state index contributed by atoms with van der Waals surface area (Å²) >= 11 is 1.49. The zero-order valence-corrected chi connectivity index (χ0v) is 16.5. The first-order valence-electron chi connectivity index (χ1n) is 9.85. The van der Waals surface area contributed by atoms with E-state index in [9.17, 15) is 9.59 Å². The predicted molar refractivity (Wildman–Crippen MR) is 101 cm³/mol. The minimum Gasteiger partial charge on any atom is -0.351 e. The fourth-order valence-electron chi connectivity index (χ4n) is 6.01. The third-order valence-corrected chi connectivity index (χ3v) is 7.31. The highest BCUT2D eigenvalue weighted by Crippen LogP contribution is 2.61. The molecule has 4 aliphatic carbocycles. The number of aromatic nitrogens is 2. The maximum atomic E-state index is 13.2. The van der Waals surface area contributed by atoms with Gasteiger partial charge in [0.05, 0.1) is 5.41 Å². The number of hydrogen-bond acceptors (Lipinski definition) is 5. The molecular weight excluding hydrogens is 348 g/mol. The van der Waals surface area contributed by atoms with Gasteiger partial charge in [0.1, 0.15) is 5.01 Å². The Balaban J connectivity index is 1.50. The van der Waals surface area contributed by atoms with Crippen molar-refractivity contribution in [2.75, 3.05) is 5.32 Å². The Morgan fingerprint density at radius 1 is 1.19 bits per heavy atom. The van der Waals surface area contributed by atoms with Gasteiger partial charge in [0.2, 0.25) is 16.9 Å². The fraction of sp³-hybridized carbons (Fsp3) is 0.789. The Bertz CT molecular complexity index is 702. The van der Waals surface area contributed by atoms with Crippen LogP contribution in [0.25, 0.3) is 0 Å². The van der Waals surface area contributed by atoms with E-state index in [4.69, 9.17) is 0 Å². The molecule has 6 nitrogen and oxygen atoms in total. The Hall–Kier alpha value is -1.50. The number of nitrogens with zero attached hydrogens (tertiary/aromatic N) is 2. The molecule has 4 fully saturated rings. The van der Waals surface area contributed by atoms with Crippen molar-refractivity contribution in [3.05, 3.63) is 5.01 Å². The standard InChI is InChI=1S/C19H28N4O2S/c1-3-4-5-15-22-23-17(26-15)20-16(25)18-7-13-6-14(8-18)10-19(9-13,11-18)21-12(2)24/h13-14H,3-11H2,1-2H3,(H,21,24)(H,20,23,25)/t13-,14-,18?,19?/m0/s1. The Morgan fingerprint density at radius 2 is 1.92 bits per heavy atom. The van der Waals surface area contributed by atoms with Gasteiger partial charge in [0, 0.05) is 18.9 Å². The summed E-state index contributed by atoms with van der Waals surface area (Å²) in [6.07, 6.45) is 9.04. The highest BCUT2D eigenvalue weighted by Gasteiger charge is 2.60. The molecule has 2 atom stereocenters. The van der Waals surface area contributed by atoms with Crippen molar-refractivity contribution in [3.8, 4) is 0 Å². The average Bonchev–Trinajstić information content (AvgIpc) is 2.97. The van der Waals surface area contributed by atoms with Gasteiger partial charge < -0.3 is 10.6 Å². The molecule has 2 amide bonds. The van der Waals surface area contributed by atoms with E-state index >= 15 is 0 Å². The van der Waals surface area contributed by atoms with Crippen molar-refractivity contribution < 1.29 is 9.59 Å². The number of nitrogens with one attached hydrogen (secondary N) is 2. The van der Waals surface area contributed by atoms with Gasteiger partial charge in [-0.3, -0.25) is 9.59 Å². The van der Waals surface area contributed by atoms with E-state index in [-0.39, 0.29) is 22.8 Å². The maximum Gasteiger partial charge on any atom is 0.232 e. The van der Waals surface area contributed by atoms with Crippen LogP contribution in [-0.4, -0.2) is 27.6 Å². The van der Waals surface area contributed by atoms with E-state index in [1.165, 1.54) is 17.8 Å². The summed E-state index contributed by atoms with van der Waals surface area (Å²) in [6, 6.07) is 0. The molecule has 7 heteroatoms. The van der Waals surface area contributed by atoms with Crippen molar-refractivity contribution in [1.82, 2.24) is 15.5 Å². The smallest absolute Gasteiger partial charge is 0.232 e. The van der Waals surface area contributed by atoms with Crippen LogP contribution in [0, 0.1) is 17.3 Å². The number of carbonyl (C=O) groups is 2. The van der Waals surface area contributed by atoms with Gasteiger partial charge in [0.25, 0.3) is 0 Å². The van der Waals surface area contributed by atoms with Crippen molar-refractivity contribution in [2.24, 2.45) is 17.3 Å². The van der Waals surface area contributed by atoms with Gasteiger partial charge in [-0.2, -0.15) is 0 Å². The molecule has 0 saturated heterocycles. The van der Waals surface area contributed by atoms with E-state index in [0.29, 0.717) is 17.0 Å². The molecule has 0 unspecified atom stereocenters. The molecule has 0 radical (unpaired) electrons. The molecule has 0 aromatic carbocycles. The molecule has 26 heavy (non-hydrogen) atoms. The van der Waals surface area contributed by atoms with Gasteiger partial charge >= 0.3 is 0 Å². The third kappa shape index (κ3) is 3.26. The number of amides is 2. The number of carbonyl (C=O) groups excluding carboxylic acids is 2. The summed E-state index contributed by atoms with van der Waals surface area (Å²) in [5.74, 6) is 1.19. The van der Waals surface area contributed by atoms with Gasteiger partial charge in [-0.25, -0.2) is 0 Å². The van der Waals surface area contributed by atoms with Crippen LogP contribution in [-0.2, 0) is 16.0 Å². The summed E-state index contributed by atoms with van der Waals surface area (Å²) in [7, 11) is 0. The molecule has 0 aliphatic heterocycles. The lowest BCUT2D eigenvalue weighted by atomic mass is 9.46. The molecule has 142 valence electrons. The second-order valence-corrected chi connectivity index (χ2v) is 9.82. The molecule has 1 heterocycles. The van der Waals surface area contributed by atoms with Gasteiger partial charge in [-0.05, 0) is 56.8 Å². The monoisotopic (exact) mass is 376 g/mol. The predicted octanol–water partition coefficient (Wildman–Crippen LogP) is 3.29. The summed E-state index contributed by atoms with van der Waals surface area (Å²) in [5.41, 5.74) is -0.539. The lowest BCUT2D eigenvalue weighted by Crippen LogP contribution is -2.65. The van der Waals surface area contributed by atoms with Crippen LogP contribution >= 0.6 is 11.3 Å². The molecule has 2 N–H and O–H groups in total. The molecule has 4 aliphatic rings. The van der Waals surface area contributed by atoms with Crippen LogP contribution in [0.5, 0.6) is 0 Å². The van der Waals surface area contributed by atoms with Crippen molar-refractivity contribution in [1.29, 1.82) is 0 Å². The topological polar surface area (TPSA) is 84.0 Å². The second-order valence-electron chi connectivity index (χ2n) is 8.76. The maximum absolute atomic E-state index is 13.2. The number of hydrogen-bond donors (Lipinski definition) is 2. The molecule has 5 rings (SSSR count). The number of anilines is 1. The van der Waals surface area contributed by atoms with Gasteiger partial charge in [-0.15, -0.1) is 10.2 Å². The first kappa shape index (κ1) is 17.9. The van der Waals surface area contributed by atoms with E-state index < -0.39 is 0 Å². The molecule has 0 spiro atoms. The first-order valence-corrected chi connectivity index (χ1v) is 10.7. The van der Waals surface area contributed by atoms with Crippen LogP contribution in [0.3, 0.4) is 0 Å². The largest absolute Gasteiger partial charge is 0.351 e. The Labute approximate surface area is 158 Å². The lowest BCUT2D eigenvalue weighted by Gasteiger charge is -2.61. The van der Waals surface area contributed by atoms with Crippen LogP contribution in [0.1, 0.15) is 70.2 Å². The van der Waals surface area contributed by atoms with Crippen molar-refractivity contribution in [3.63, 3.8) is 0 Å². The van der Waals surface area contributed by atoms with Gasteiger partial charge in [-0.1, -0.05) is 24.7 Å². The van der Waals surface area contributed by atoms with E-state index in [2.05, 4.69) is 27.8 Å². The normalized spacial score (nSPS) is 34.7. The summed E-state index contributed by atoms with van der Waals surface area (Å²) in [5, 5.41) is 16.3. The minimum atomic E-state index is -0.359. The van der Waals surface area contributed by atoms with Crippen molar-refractivity contribution >= 4 is 28.3 Å². The third-order valence-electron chi connectivity index (χ3n) is 6.42. The van der Waals surface area contributed by atoms with Crippen molar-refractivity contribution in [2.45, 2.75) is 77.2 Å². The van der Waals surface area contributed by atoms with E-state index in [0.717, 1.165) is 56.4 Å². The zero-order chi connectivity index (χ0) is 18.4. The minimum absolute atomic E-state index is 0.0206. The summed E-state index contributed by atoms with van der Waals surface area (Å²) < 4.78 is 0. The zero-order valence-electron chi connectivity index (χ0n) is 15.6. The van der Waals surface area contributed by atoms with Crippen LogP contribution < -0.4 is 10.6 Å². The lowest BCUT2D eigenvalue weighted by molar-refractivity contribution is -0.148. The molecular formula is C19H28N4O2S. The molecule has 4 saturated carbocycles. The van der Waals surface area contributed by atoms with Crippen LogP contribution in [0.15, 0.2) is 0 Å². The molecule has 1 aromatic rings. The van der Waals surface area contributed by atoms with Crippen LogP contribution in [0.2, 0.25) is 0 Å². The quantitative estimate of drug-likeness (QED) is 0.798. The fourth-order valence-corrected chi connectivity index (χ4v) is 6.79. The number of rotatable bonds is 6. The Morgan fingerprint density at radius 3 is 2.58 bits per heavy atom. The molecule has 1 aromatic heterocycles. The first-order chi connectivity index (χ1) is 12.4. The summed E-state index contributed by atoms with van der Waals surface area (Å²) in [4.78, 5) is 25.0.